The lowest BCUT2D eigenvalue weighted by Crippen LogP contribution is -2.29. The number of hydrogen-bond donors (Lipinski definition) is 1. The van der Waals surface area contributed by atoms with Gasteiger partial charge in [0.15, 0.2) is 5.13 Å². The number of furan rings is 1. The van der Waals surface area contributed by atoms with E-state index in [1.807, 2.05) is 6.92 Å². The van der Waals surface area contributed by atoms with Crippen LogP contribution >= 0.6 is 11.3 Å². The molecule has 0 bridgehead atoms. The van der Waals surface area contributed by atoms with Gasteiger partial charge in [-0.2, -0.15) is 0 Å². The first kappa shape index (κ1) is 18.0. The number of aliphatic hydroxyl groups is 1. The molecule has 1 aliphatic heterocycles. The Kier molecular flexibility index (Phi) is 4.70. The van der Waals surface area contributed by atoms with Crippen LogP contribution in [0.2, 0.25) is 0 Å². The highest BCUT2D eigenvalue weighted by Crippen LogP contribution is 2.42. The third-order valence-corrected chi connectivity index (χ3v) is 5.07. The molecule has 1 atom stereocenters. The van der Waals surface area contributed by atoms with E-state index in [9.17, 15) is 14.7 Å². The van der Waals surface area contributed by atoms with E-state index in [2.05, 4.69) is 4.98 Å². The van der Waals surface area contributed by atoms with Crippen molar-refractivity contribution in [3.63, 3.8) is 0 Å². The van der Waals surface area contributed by atoms with Crippen LogP contribution in [0.5, 0.6) is 5.75 Å². The summed E-state index contributed by atoms with van der Waals surface area (Å²) in [4.78, 5) is 31.0. The molecule has 142 valence electrons. The molecule has 0 aliphatic carbocycles. The molecule has 28 heavy (non-hydrogen) atoms. The van der Waals surface area contributed by atoms with Crippen LogP contribution in [0.4, 0.5) is 5.13 Å². The number of aliphatic hydroxyl groups excluding tert-OH is 1. The molecule has 1 saturated heterocycles. The summed E-state index contributed by atoms with van der Waals surface area (Å²) in [5.41, 5.74) is 0.323. The quantitative estimate of drug-likeness (QED) is 0.401. The minimum Gasteiger partial charge on any atom is -0.507 e. The molecule has 1 amide bonds. The number of rotatable bonds is 5. The lowest BCUT2D eigenvalue weighted by atomic mass is 9.99. The Balaban J connectivity index is 1.88. The van der Waals surface area contributed by atoms with Crippen molar-refractivity contribution in [1.29, 1.82) is 0 Å². The number of aromatic nitrogens is 1. The summed E-state index contributed by atoms with van der Waals surface area (Å²) in [6.07, 6.45) is 3.00. The van der Waals surface area contributed by atoms with Crippen molar-refractivity contribution in [3.05, 3.63) is 71.1 Å². The van der Waals surface area contributed by atoms with E-state index in [4.69, 9.17) is 9.15 Å². The van der Waals surface area contributed by atoms with Crippen molar-refractivity contribution in [2.45, 2.75) is 13.0 Å². The number of ketones is 1. The monoisotopic (exact) mass is 396 g/mol. The number of anilines is 1. The second-order valence-electron chi connectivity index (χ2n) is 5.96. The van der Waals surface area contributed by atoms with Crippen molar-refractivity contribution in [2.75, 3.05) is 11.5 Å². The highest BCUT2D eigenvalue weighted by Gasteiger charge is 2.49. The van der Waals surface area contributed by atoms with Crippen LogP contribution in [0.1, 0.15) is 24.3 Å². The summed E-state index contributed by atoms with van der Waals surface area (Å²) in [5.74, 6) is -0.942. The van der Waals surface area contributed by atoms with Gasteiger partial charge in [-0.25, -0.2) is 4.98 Å². The Labute approximate surface area is 164 Å². The number of ether oxygens (including phenoxy) is 1. The van der Waals surface area contributed by atoms with E-state index in [0.717, 1.165) is 0 Å². The summed E-state index contributed by atoms with van der Waals surface area (Å²) in [7, 11) is 0. The Morgan fingerprint density at radius 2 is 2.18 bits per heavy atom. The summed E-state index contributed by atoms with van der Waals surface area (Å²) < 4.78 is 10.9. The third-order valence-electron chi connectivity index (χ3n) is 4.30. The summed E-state index contributed by atoms with van der Waals surface area (Å²) in [6, 6.07) is 9.13. The van der Waals surface area contributed by atoms with E-state index >= 15 is 0 Å². The number of carbonyl (C=O) groups excluding carboxylic acids is 2. The van der Waals surface area contributed by atoms with E-state index < -0.39 is 17.7 Å². The molecule has 0 radical (unpaired) electrons. The van der Waals surface area contributed by atoms with Gasteiger partial charge in [0.25, 0.3) is 5.78 Å². The number of benzene rings is 1. The fourth-order valence-electron chi connectivity index (χ4n) is 3.14. The number of amides is 1. The van der Waals surface area contributed by atoms with Gasteiger partial charge in [0.1, 0.15) is 23.3 Å². The largest absolute Gasteiger partial charge is 0.507 e. The molecule has 1 fully saturated rings. The second kappa shape index (κ2) is 7.32. The average molecular weight is 396 g/mol. The summed E-state index contributed by atoms with van der Waals surface area (Å²) >= 11 is 1.22. The Bertz CT molecular complexity index is 1040. The summed E-state index contributed by atoms with van der Waals surface area (Å²) in [5, 5.41) is 13.0. The predicted octanol–water partition coefficient (Wildman–Crippen LogP) is 3.76. The second-order valence-corrected chi connectivity index (χ2v) is 6.83. The minimum atomic E-state index is -0.906. The van der Waals surface area contributed by atoms with Crippen molar-refractivity contribution in [2.24, 2.45) is 0 Å². The molecule has 1 N–H and O–H groups in total. The lowest BCUT2D eigenvalue weighted by molar-refractivity contribution is -0.132. The topological polar surface area (TPSA) is 92.9 Å². The van der Waals surface area contributed by atoms with Gasteiger partial charge in [0, 0.05) is 17.1 Å². The van der Waals surface area contributed by atoms with E-state index in [1.54, 1.807) is 48.0 Å². The van der Waals surface area contributed by atoms with Crippen molar-refractivity contribution in [1.82, 2.24) is 4.98 Å². The number of Topliss-reactive ketones (excluding diaryl/α,β-unsaturated/α-hetero) is 1. The molecule has 0 saturated carbocycles. The number of hydrogen-bond acceptors (Lipinski definition) is 7. The average Bonchev–Trinajstić information content (AvgIpc) is 3.44. The fraction of sp³-hybridized carbons (Fsp3) is 0.150. The maximum absolute atomic E-state index is 12.8. The highest BCUT2D eigenvalue weighted by atomic mass is 32.1. The van der Waals surface area contributed by atoms with Gasteiger partial charge < -0.3 is 14.3 Å². The van der Waals surface area contributed by atoms with Crippen LogP contribution in [0.3, 0.4) is 0 Å². The molecule has 3 aromatic rings. The number of carbonyl (C=O) groups is 2. The Morgan fingerprint density at radius 1 is 1.32 bits per heavy atom. The molecule has 4 rings (SSSR count). The zero-order chi connectivity index (χ0) is 19.7. The zero-order valence-electron chi connectivity index (χ0n) is 14.9. The zero-order valence-corrected chi connectivity index (χ0v) is 15.7. The standard InChI is InChI=1S/C20H16N2O5S/c1-2-26-13-6-3-5-12(11-13)17(23)15-16(14-7-4-9-27-14)22(19(25)18(15)24)20-21-8-10-28-20/h3-11,16,23H,2H2,1H3/b17-15+. The first-order valence-electron chi connectivity index (χ1n) is 8.59. The minimum absolute atomic E-state index is 0.0520. The SMILES string of the molecule is CCOc1cccc(/C(O)=C2\C(=O)C(=O)N(c3nccs3)C2c2ccco2)c1. The van der Waals surface area contributed by atoms with Crippen LogP contribution < -0.4 is 9.64 Å². The van der Waals surface area contributed by atoms with Crippen molar-refractivity contribution >= 4 is 33.9 Å². The van der Waals surface area contributed by atoms with Crippen molar-refractivity contribution < 1.29 is 23.8 Å². The maximum Gasteiger partial charge on any atom is 0.302 e. The molecule has 0 spiro atoms. The molecule has 3 heterocycles. The van der Waals surface area contributed by atoms with Gasteiger partial charge >= 0.3 is 5.91 Å². The first-order valence-corrected chi connectivity index (χ1v) is 9.47. The van der Waals surface area contributed by atoms with Crippen LogP contribution in [-0.2, 0) is 9.59 Å². The fourth-order valence-corrected chi connectivity index (χ4v) is 3.80. The number of thiazole rings is 1. The van der Waals surface area contributed by atoms with Gasteiger partial charge in [-0.1, -0.05) is 12.1 Å². The molecule has 1 unspecified atom stereocenters. The van der Waals surface area contributed by atoms with Gasteiger partial charge in [-0.3, -0.25) is 14.5 Å². The van der Waals surface area contributed by atoms with E-state index in [0.29, 0.717) is 28.8 Å². The highest BCUT2D eigenvalue weighted by molar-refractivity contribution is 7.14. The molecule has 7 nitrogen and oxygen atoms in total. The molecule has 2 aromatic heterocycles. The van der Waals surface area contributed by atoms with Gasteiger partial charge in [-0.15, -0.1) is 11.3 Å². The Morgan fingerprint density at radius 3 is 2.86 bits per heavy atom. The first-order chi connectivity index (χ1) is 13.6. The van der Waals surface area contributed by atoms with Crippen LogP contribution in [-0.4, -0.2) is 28.4 Å². The van der Waals surface area contributed by atoms with Crippen molar-refractivity contribution in [3.8, 4) is 5.75 Å². The molecular weight excluding hydrogens is 380 g/mol. The third kappa shape index (κ3) is 2.97. The predicted molar refractivity (Wildman–Crippen MR) is 103 cm³/mol. The van der Waals surface area contributed by atoms with Crippen LogP contribution in [0.15, 0.2) is 64.2 Å². The molecule has 8 heteroatoms. The Hall–Kier alpha value is -3.39. The van der Waals surface area contributed by atoms with E-state index in [-0.39, 0.29) is 11.3 Å². The smallest absolute Gasteiger partial charge is 0.302 e. The maximum atomic E-state index is 12.8. The molecular formula is C20H16N2O5S. The normalized spacial score (nSPS) is 18.6. The number of nitrogens with zero attached hydrogens (tertiary/aromatic N) is 2. The summed E-state index contributed by atoms with van der Waals surface area (Å²) in [6.45, 7) is 2.31. The van der Waals surface area contributed by atoms with Crippen LogP contribution in [0, 0.1) is 0 Å². The van der Waals surface area contributed by atoms with Crippen LogP contribution in [0.25, 0.3) is 5.76 Å². The van der Waals surface area contributed by atoms with Gasteiger partial charge in [0.05, 0.1) is 18.4 Å². The van der Waals surface area contributed by atoms with Gasteiger partial charge in [0.2, 0.25) is 0 Å². The van der Waals surface area contributed by atoms with E-state index in [1.165, 1.54) is 22.5 Å². The van der Waals surface area contributed by atoms with Gasteiger partial charge in [-0.05, 0) is 31.2 Å². The lowest BCUT2D eigenvalue weighted by Gasteiger charge is -2.20. The molecule has 1 aromatic carbocycles. The molecule has 1 aliphatic rings.